The summed E-state index contributed by atoms with van der Waals surface area (Å²) < 4.78 is 26.4. The number of nitrogens with zero attached hydrogens (tertiary/aromatic N) is 1. The molecule has 2 heterocycles. The van der Waals surface area contributed by atoms with Crippen molar-refractivity contribution in [3.05, 3.63) is 57.8 Å². The van der Waals surface area contributed by atoms with Crippen LogP contribution in [0.3, 0.4) is 0 Å². The minimum Gasteiger partial charge on any atom is -0.268 e. The van der Waals surface area contributed by atoms with Crippen LogP contribution in [0.1, 0.15) is 33.6 Å². The lowest BCUT2D eigenvalue weighted by Crippen LogP contribution is -2.40. The summed E-state index contributed by atoms with van der Waals surface area (Å²) in [4.78, 5) is 25.1. The van der Waals surface area contributed by atoms with Gasteiger partial charge in [0, 0.05) is 29.6 Å². The molecule has 1 aromatic heterocycles. The monoisotopic (exact) mass is 419 g/mol. The van der Waals surface area contributed by atoms with Crippen molar-refractivity contribution in [1.82, 2.24) is 15.2 Å². The van der Waals surface area contributed by atoms with E-state index in [2.05, 4.69) is 10.9 Å². The first-order valence-electron chi connectivity index (χ1n) is 8.80. The number of benzene rings is 1. The zero-order valence-corrected chi connectivity index (χ0v) is 17.0. The molecule has 1 aliphatic rings. The van der Waals surface area contributed by atoms with E-state index in [-0.39, 0.29) is 10.5 Å². The van der Waals surface area contributed by atoms with Crippen LogP contribution in [-0.4, -0.2) is 37.6 Å². The number of carbonyl (C=O) groups excluding carboxylic acids is 2. The Morgan fingerprint density at radius 3 is 2.36 bits per heavy atom. The maximum Gasteiger partial charge on any atom is 0.269 e. The molecule has 0 unspecified atom stereocenters. The molecule has 1 aliphatic heterocycles. The molecule has 0 spiro atoms. The molecule has 28 heavy (non-hydrogen) atoms. The van der Waals surface area contributed by atoms with Crippen LogP contribution in [0.2, 0.25) is 0 Å². The Balaban J connectivity index is 1.56. The summed E-state index contributed by atoms with van der Waals surface area (Å²) in [5, 5.41) is 1.93. The number of hydrogen-bond acceptors (Lipinski definition) is 5. The third kappa shape index (κ3) is 4.67. The van der Waals surface area contributed by atoms with E-state index in [9.17, 15) is 18.0 Å². The van der Waals surface area contributed by atoms with Crippen molar-refractivity contribution in [2.75, 3.05) is 13.1 Å². The van der Waals surface area contributed by atoms with Crippen LogP contribution in [0.5, 0.6) is 0 Å². The molecule has 3 rings (SSSR count). The third-order valence-electron chi connectivity index (χ3n) is 4.41. The van der Waals surface area contributed by atoms with Crippen molar-refractivity contribution >= 4 is 39.3 Å². The second-order valence-corrected chi connectivity index (χ2v) is 9.27. The Bertz CT molecular complexity index is 988. The molecular weight excluding hydrogens is 398 g/mol. The van der Waals surface area contributed by atoms with E-state index in [1.54, 1.807) is 6.08 Å². The molecule has 1 fully saturated rings. The Labute approximate surface area is 168 Å². The summed E-state index contributed by atoms with van der Waals surface area (Å²) in [5.74, 6) is -0.992. The molecule has 0 aliphatic carbocycles. The first-order chi connectivity index (χ1) is 13.4. The molecule has 2 N–H and O–H groups in total. The standard InChI is InChI=1S/C19H21N3O4S2/c1-14-10-13-27-17(14)8-9-18(23)20-21-19(24)15-4-6-16(7-5-15)28(25,26)22-11-2-3-12-22/h4-10,13H,2-3,11-12H2,1H3,(H,20,23)(H,21,24)/b9-8+. The van der Waals surface area contributed by atoms with Gasteiger partial charge in [0.15, 0.2) is 0 Å². The minimum atomic E-state index is -3.52. The Morgan fingerprint density at radius 2 is 1.75 bits per heavy atom. The van der Waals surface area contributed by atoms with Gasteiger partial charge in [-0.25, -0.2) is 8.42 Å². The molecule has 1 saturated heterocycles. The second kappa shape index (κ2) is 8.68. The lowest BCUT2D eigenvalue weighted by atomic mass is 10.2. The number of thiophene rings is 1. The minimum absolute atomic E-state index is 0.157. The van der Waals surface area contributed by atoms with Crippen molar-refractivity contribution in [1.29, 1.82) is 0 Å². The van der Waals surface area contributed by atoms with E-state index in [1.165, 1.54) is 46.0 Å². The van der Waals surface area contributed by atoms with Gasteiger partial charge in [-0.1, -0.05) is 0 Å². The van der Waals surface area contributed by atoms with E-state index in [4.69, 9.17) is 0 Å². The lowest BCUT2D eigenvalue weighted by molar-refractivity contribution is -0.117. The summed E-state index contributed by atoms with van der Waals surface area (Å²) in [6.45, 7) is 2.99. The number of rotatable bonds is 5. The molecule has 2 aromatic rings. The number of sulfonamides is 1. The highest BCUT2D eigenvalue weighted by atomic mass is 32.2. The fraction of sp³-hybridized carbons (Fsp3) is 0.263. The van der Waals surface area contributed by atoms with E-state index in [0.29, 0.717) is 13.1 Å². The van der Waals surface area contributed by atoms with Crippen molar-refractivity contribution in [3.63, 3.8) is 0 Å². The highest BCUT2D eigenvalue weighted by Crippen LogP contribution is 2.21. The van der Waals surface area contributed by atoms with Crippen LogP contribution >= 0.6 is 11.3 Å². The number of carbonyl (C=O) groups is 2. The topological polar surface area (TPSA) is 95.6 Å². The quantitative estimate of drug-likeness (QED) is 0.574. The van der Waals surface area contributed by atoms with E-state index in [0.717, 1.165) is 23.3 Å². The maximum absolute atomic E-state index is 12.5. The van der Waals surface area contributed by atoms with E-state index in [1.807, 2.05) is 18.4 Å². The van der Waals surface area contributed by atoms with E-state index < -0.39 is 21.8 Å². The Kier molecular flexibility index (Phi) is 6.28. The van der Waals surface area contributed by atoms with Crippen molar-refractivity contribution < 1.29 is 18.0 Å². The summed E-state index contributed by atoms with van der Waals surface area (Å²) in [6, 6.07) is 7.62. The van der Waals surface area contributed by atoms with Gasteiger partial charge in [-0.2, -0.15) is 4.31 Å². The van der Waals surface area contributed by atoms with Gasteiger partial charge in [0.1, 0.15) is 0 Å². The molecule has 148 valence electrons. The van der Waals surface area contributed by atoms with Crippen LogP contribution < -0.4 is 10.9 Å². The first kappa shape index (κ1) is 20.2. The number of amides is 2. The van der Waals surface area contributed by atoms with Crippen LogP contribution in [0.4, 0.5) is 0 Å². The fourth-order valence-electron chi connectivity index (χ4n) is 2.79. The first-order valence-corrected chi connectivity index (χ1v) is 11.1. The predicted octanol–water partition coefficient (Wildman–Crippen LogP) is 2.32. The maximum atomic E-state index is 12.5. The van der Waals surface area contributed by atoms with E-state index >= 15 is 0 Å². The van der Waals surface area contributed by atoms with Gasteiger partial charge in [0.05, 0.1) is 4.90 Å². The summed E-state index contributed by atoms with van der Waals surface area (Å²) in [5.41, 5.74) is 5.94. The third-order valence-corrected chi connectivity index (χ3v) is 7.30. The smallest absolute Gasteiger partial charge is 0.268 e. The second-order valence-electron chi connectivity index (χ2n) is 6.38. The highest BCUT2D eigenvalue weighted by Gasteiger charge is 2.27. The molecule has 0 bridgehead atoms. The van der Waals surface area contributed by atoms with Gasteiger partial charge in [0.25, 0.3) is 11.8 Å². The summed E-state index contributed by atoms with van der Waals surface area (Å²) in [6.07, 6.45) is 4.74. The number of hydrogen-bond donors (Lipinski definition) is 2. The average Bonchev–Trinajstić information content (AvgIpc) is 3.37. The molecule has 1 aromatic carbocycles. The predicted molar refractivity (Wildman–Crippen MR) is 108 cm³/mol. The van der Waals surface area contributed by atoms with Gasteiger partial charge in [0.2, 0.25) is 10.0 Å². The van der Waals surface area contributed by atoms with Gasteiger partial charge < -0.3 is 0 Å². The molecule has 9 heteroatoms. The molecule has 0 saturated carbocycles. The Hall–Kier alpha value is -2.49. The molecule has 2 amide bonds. The zero-order valence-electron chi connectivity index (χ0n) is 15.3. The summed E-state index contributed by atoms with van der Waals surface area (Å²) >= 11 is 1.52. The van der Waals surface area contributed by atoms with Crippen LogP contribution in [0, 0.1) is 6.92 Å². The lowest BCUT2D eigenvalue weighted by Gasteiger charge is -2.15. The van der Waals surface area contributed by atoms with Crippen LogP contribution in [0.25, 0.3) is 6.08 Å². The largest absolute Gasteiger partial charge is 0.269 e. The van der Waals surface area contributed by atoms with Gasteiger partial charge in [-0.15, -0.1) is 11.3 Å². The van der Waals surface area contributed by atoms with Crippen LogP contribution in [0.15, 0.2) is 46.7 Å². The average molecular weight is 420 g/mol. The number of hydrazine groups is 1. The number of nitrogens with one attached hydrogen (secondary N) is 2. The fourth-order valence-corrected chi connectivity index (χ4v) is 5.13. The van der Waals surface area contributed by atoms with Crippen molar-refractivity contribution in [2.45, 2.75) is 24.7 Å². The summed E-state index contributed by atoms with van der Waals surface area (Å²) in [7, 11) is -3.52. The zero-order chi connectivity index (χ0) is 20.1. The van der Waals surface area contributed by atoms with Gasteiger partial charge in [-0.3, -0.25) is 20.4 Å². The Morgan fingerprint density at radius 1 is 1.07 bits per heavy atom. The normalized spacial score (nSPS) is 15.0. The van der Waals surface area contributed by atoms with Crippen molar-refractivity contribution in [2.24, 2.45) is 0 Å². The molecule has 0 radical (unpaired) electrons. The van der Waals surface area contributed by atoms with Crippen LogP contribution in [-0.2, 0) is 14.8 Å². The molecular formula is C19H21N3O4S2. The molecule has 0 atom stereocenters. The SMILES string of the molecule is Cc1ccsc1/C=C/C(=O)NNC(=O)c1ccc(S(=O)(=O)N2CCCC2)cc1. The van der Waals surface area contributed by atoms with Crippen molar-refractivity contribution in [3.8, 4) is 0 Å². The molecule has 7 nitrogen and oxygen atoms in total. The highest BCUT2D eigenvalue weighted by molar-refractivity contribution is 7.89. The van der Waals surface area contributed by atoms with Gasteiger partial charge in [-0.05, 0) is 67.1 Å². The van der Waals surface area contributed by atoms with Gasteiger partial charge >= 0.3 is 0 Å². The number of aryl methyl sites for hydroxylation is 1.